The topological polar surface area (TPSA) is 61.8 Å². The van der Waals surface area contributed by atoms with E-state index in [2.05, 4.69) is 4.18 Å². The molecule has 3 aromatic rings. The number of halogens is 6. The summed E-state index contributed by atoms with van der Waals surface area (Å²) >= 11 is 6.21. The second-order valence-corrected chi connectivity index (χ2v) is 9.27. The molecule has 1 aliphatic heterocycles. The summed E-state index contributed by atoms with van der Waals surface area (Å²) in [6.45, 7) is 2.00. The standard InChI is InChI=1S/C22H14ClF5O5S/c1-10-2-5-15(13(23)8-10)32-14-6-7-31-16-9-11(3-4-12(14)16)34(29,30)33-22-20(27)18(25)17(24)19(26)21(22)28/h2-5,8-9,14H,6-7H2,1H3/t14-/m1/s1. The van der Waals surface area contributed by atoms with Crippen molar-refractivity contribution in [1.29, 1.82) is 0 Å². The zero-order valence-corrected chi connectivity index (χ0v) is 18.7. The number of ether oxygens (including phenoxy) is 2. The zero-order valence-electron chi connectivity index (χ0n) is 17.2. The van der Waals surface area contributed by atoms with Crippen LogP contribution in [0.15, 0.2) is 41.3 Å². The van der Waals surface area contributed by atoms with Crippen LogP contribution in [0.5, 0.6) is 17.2 Å². The van der Waals surface area contributed by atoms with Crippen LogP contribution in [0.25, 0.3) is 0 Å². The molecule has 0 N–H and O–H groups in total. The van der Waals surface area contributed by atoms with E-state index in [0.717, 1.165) is 17.7 Å². The van der Waals surface area contributed by atoms with Crippen molar-refractivity contribution in [2.45, 2.75) is 24.3 Å². The zero-order chi connectivity index (χ0) is 24.8. The van der Waals surface area contributed by atoms with Gasteiger partial charge in [-0.2, -0.15) is 17.2 Å². The first kappa shape index (κ1) is 24.1. The van der Waals surface area contributed by atoms with Crippen LogP contribution < -0.4 is 13.7 Å². The summed E-state index contributed by atoms with van der Waals surface area (Å²) < 4.78 is 109. The van der Waals surface area contributed by atoms with Crippen molar-refractivity contribution in [2.75, 3.05) is 6.61 Å². The predicted octanol–water partition coefficient (Wildman–Crippen LogP) is 6.01. The summed E-state index contributed by atoms with van der Waals surface area (Å²) in [6, 6.07) is 8.56. The maximum atomic E-state index is 13.9. The molecular formula is C22H14ClF5O5S. The molecule has 0 spiro atoms. The van der Waals surface area contributed by atoms with Crippen LogP contribution in [-0.4, -0.2) is 15.0 Å². The molecule has 34 heavy (non-hydrogen) atoms. The maximum Gasteiger partial charge on any atom is 0.339 e. The summed E-state index contributed by atoms with van der Waals surface area (Å²) in [6.07, 6.45) is -0.151. The van der Waals surface area contributed by atoms with Gasteiger partial charge in [0.2, 0.25) is 34.8 Å². The Bertz CT molecular complexity index is 1370. The highest BCUT2D eigenvalue weighted by Crippen LogP contribution is 2.39. The van der Waals surface area contributed by atoms with Crippen LogP contribution in [0.2, 0.25) is 5.02 Å². The molecule has 0 unspecified atom stereocenters. The highest BCUT2D eigenvalue weighted by molar-refractivity contribution is 7.87. The number of hydrogen-bond acceptors (Lipinski definition) is 5. The van der Waals surface area contributed by atoms with Crippen molar-refractivity contribution in [3.8, 4) is 17.2 Å². The fourth-order valence-corrected chi connectivity index (χ4v) is 4.51. The van der Waals surface area contributed by atoms with Gasteiger partial charge in [0.15, 0.2) is 0 Å². The second-order valence-electron chi connectivity index (χ2n) is 7.31. The Morgan fingerprint density at radius 3 is 2.24 bits per heavy atom. The highest BCUT2D eigenvalue weighted by atomic mass is 35.5. The van der Waals surface area contributed by atoms with Gasteiger partial charge in [0, 0.05) is 18.1 Å². The molecule has 1 aliphatic rings. The molecule has 1 heterocycles. The molecule has 3 aromatic carbocycles. The minimum absolute atomic E-state index is 0.0709. The fourth-order valence-electron chi connectivity index (χ4n) is 3.29. The number of fused-ring (bicyclic) bond motifs is 1. The van der Waals surface area contributed by atoms with Gasteiger partial charge >= 0.3 is 10.1 Å². The van der Waals surface area contributed by atoms with Crippen LogP contribution in [0.4, 0.5) is 22.0 Å². The average molecular weight is 521 g/mol. The average Bonchev–Trinajstić information content (AvgIpc) is 2.81. The lowest BCUT2D eigenvalue weighted by molar-refractivity contribution is 0.136. The Morgan fingerprint density at radius 1 is 0.941 bits per heavy atom. The predicted molar refractivity (Wildman–Crippen MR) is 110 cm³/mol. The molecule has 1 atom stereocenters. The lowest BCUT2D eigenvalue weighted by atomic mass is 10.0. The summed E-state index contributed by atoms with van der Waals surface area (Å²) in [5.74, 6) is -13.4. The van der Waals surface area contributed by atoms with E-state index in [4.69, 9.17) is 21.1 Å². The lowest BCUT2D eigenvalue weighted by Gasteiger charge is -2.27. The molecule has 0 amide bonds. The molecule has 4 rings (SSSR count). The largest absolute Gasteiger partial charge is 0.493 e. The number of rotatable bonds is 5. The van der Waals surface area contributed by atoms with Gasteiger partial charge < -0.3 is 13.7 Å². The van der Waals surface area contributed by atoms with Crippen LogP contribution in [0.3, 0.4) is 0 Å². The van der Waals surface area contributed by atoms with Gasteiger partial charge in [-0.15, -0.1) is 0 Å². The van der Waals surface area contributed by atoms with Crippen molar-refractivity contribution >= 4 is 21.7 Å². The smallest absolute Gasteiger partial charge is 0.339 e. The first-order valence-electron chi connectivity index (χ1n) is 9.65. The summed E-state index contributed by atoms with van der Waals surface area (Å²) in [7, 11) is -5.00. The Kier molecular flexibility index (Phi) is 6.34. The Balaban J connectivity index is 1.65. The Hall–Kier alpha value is -3.05. The van der Waals surface area contributed by atoms with Gasteiger partial charge in [0.25, 0.3) is 0 Å². The molecule has 180 valence electrons. The van der Waals surface area contributed by atoms with Gasteiger partial charge in [-0.05, 0) is 30.7 Å². The normalized spacial score (nSPS) is 15.4. The molecule has 0 fully saturated rings. The summed E-state index contributed by atoms with van der Waals surface area (Å²) in [5, 5.41) is 0.378. The van der Waals surface area contributed by atoms with Gasteiger partial charge in [0.05, 0.1) is 11.6 Å². The van der Waals surface area contributed by atoms with Crippen LogP contribution in [0.1, 0.15) is 23.7 Å². The van der Waals surface area contributed by atoms with Crippen molar-refractivity contribution < 1.29 is 44.0 Å². The van der Waals surface area contributed by atoms with E-state index in [-0.39, 0.29) is 12.4 Å². The van der Waals surface area contributed by atoms with E-state index < -0.39 is 56.0 Å². The van der Waals surface area contributed by atoms with E-state index in [1.54, 1.807) is 18.2 Å². The van der Waals surface area contributed by atoms with Crippen molar-refractivity contribution in [3.63, 3.8) is 0 Å². The SMILES string of the molecule is Cc1ccc(O[C@@H]2CCOc3cc(S(=O)(=O)Oc4c(F)c(F)c(F)c(F)c4F)ccc32)c(Cl)c1. The van der Waals surface area contributed by atoms with Crippen LogP contribution >= 0.6 is 11.6 Å². The summed E-state index contributed by atoms with van der Waals surface area (Å²) in [4.78, 5) is -0.635. The van der Waals surface area contributed by atoms with Crippen molar-refractivity contribution in [1.82, 2.24) is 0 Å². The molecule has 0 radical (unpaired) electrons. The third kappa shape index (κ3) is 4.37. The van der Waals surface area contributed by atoms with Gasteiger partial charge in [0.1, 0.15) is 22.5 Å². The highest BCUT2D eigenvalue weighted by Gasteiger charge is 2.32. The molecule has 12 heteroatoms. The third-order valence-electron chi connectivity index (χ3n) is 4.98. The maximum absolute atomic E-state index is 13.9. The molecule has 0 aliphatic carbocycles. The number of hydrogen-bond donors (Lipinski definition) is 0. The molecule has 0 aromatic heterocycles. The third-order valence-corrected chi connectivity index (χ3v) is 6.49. The Labute approximate surface area is 195 Å². The van der Waals surface area contributed by atoms with E-state index in [1.165, 1.54) is 6.07 Å². The van der Waals surface area contributed by atoms with Crippen molar-refractivity contribution in [2.24, 2.45) is 0 Å². The second kappa shape index (κ2) is 8.95. The van der Waals surface area contributed by atoms with Gasteiger partial charge in [-0.3, -0.25) is 0 Å². The number of aryl methyl sites for hydroxylation is 1. The van der Waals surface area contributed by atoms with E-state index in [9.17, 15) is 30.4 Å². The monoisotopic (exact) mass is 520 g/mol. The lowest BCUT2D eigenvalue weighted by Crippen LogP contribution is -2.20. The minimum Gasteiger partial charge on any atom is -0.493 e. The summed E-state index contributed by atoms with van der Waals surface area (Å²) in [5.41, 5.74) is 1.38. The molecule has 0 saturated heterocycles. The van der Waals surface area contributed by atoms with Crippen molar-refractivity contribution in [3.05, 3.63) is 81.6 Å². The van der Waals surface area contributed by atoms with Gasteiger partial charge in [-0.1, -0.05) is 23.7 Å². The quantitative estimate of drug-likeness (QED) is 0.178. The first-order valence-corrected chi connectivity index (χ1v) is 11.4. The Morgan fingerprint density at radius 2 is 1.59 bits per heavy atom. The molecular weight excluding hydrogens is 507 g/mol. The first-order chi connectivity index (χ1) is 16.0. The van der Waals surface area contributed by atoms with E-state index in [0.29, 0.717) is 22.8 Å². The molecule has 0 saturated carbocycles. The fraction of sp³-hybridized carbons (Fsp3) is 0.182. The van der Waals surface area contributed by atoms with Crippen LogP contribution in [-0.2, 0) is 10.1 Å². The minimum atomic E-state index is -5.00. The van der Waals surface area contributed by atoms with Crippen LogP contribution in [0, 0.1) is 36.0 Å². The molecule has 0 bridgehead atoms. The van der Waals surface area contributed by atoms with Gasteiger partial charge in [-0.25, -0.2) is 13.2 Å². The molecule has 5 nitrogen and oxygen atoms in total. The number of benzene rings is 3. The van der Waals surface area contributed by atoms with E-state index in [1.807, 2.05) is 6.92 Å². The van der Waals surface area contributed by atoms with E-state index >= 15 is 0 Å².